The number of carbonyl (C=O) groups excluding carboxylic acids is 3. The van der Waals surface area contributed by atoms with E-state index in [2.05, 4.69) is 0 Å². The fraction of sp³-hybridized carbons (Fsp3) is 0.296. The topological polar surface area (TPSA) is 78.9 Å². The van der Waals surface area contributed by atoms with Gasteiger partial charge in [-0.3, -0.25) is 14.4 Å². The lowest BCUT2D eigenvalue weighted by Crippen LogP contribution is -2.12. The Morgan fingerprint density at radius 2 is 1.52 bits per heavy atom. The monoisotopic (exact) mass is 450 g/mol. The third-order valence-electron chi connectivity index (χ3n) is 4.75. The number of hydrogen-bond donors (Lipinski definition) is 0. The van der Waals surface area contributed by atoms with E-state index in [4.69, 9.17) is 14.2 Å². The lowest BCUT2D eigenvalue weighted by atomic mass is 10.00. The van der Waals surface area contributed by atoms with Crippen LogP contribution < -0.4 is 14.2 Å². The summed E-state index contributed by atoms with van der Waals surface area (Å²) in [5, 5.41) is 0. The fourth-order valence-electron chi connectivity index (χ4n) is 2.91. The molecule has 0 amide bonds. The van der Waals surface area contributed by atoms with Gasteiger partial charge in [0.15, 0.2) is 5.78 Å². The summed E-state index contributed by atoms with van der Waals surface area (Å²) in [5.74, 6) is 0.150. The maximum absolute atomic E-state index is 13.0. The van der Waals surface area contributed by atoms with Crippen molar-refractivity contribution in [2.75, 3.05) is 7.11 Å². The van der Waals surface area contributed by atoms with Gasteiger partial charge in [-0.1, -0.05) is 43.7 Å². The average Bonchev–Trinajstić information content (AvgIpc) is 2.81. The zero-order chi connectivity index (χ0) is 24.4. The third kappa shape index (κ3) is 7.45. The minimum absolute atomic E-state index is 0.178. The summed E-state index contributed by atoms with van der Waals surface area (Å²) in [7, 11) is 1.54. The Hall–Kier alpha value is -3.67. The van der Waals surface area contributed by atoms with Gasteiger partial charge in [0.2, 0.25) is 0 Å². The Kier molecular flexibility index (Phi) is 9.61. The Bertz CT molecular complexity index is 1060. The second kappa shape index (κ2) is 12.4. The van der Waals surface area contributed by atoms with Gasteiger partial charge in [0.05, 0.1) is 12.7 Å². The Morgan fingerprint density at radius 1 is 0.879 bits per heavy atom. The van der Waals surface area contributed by atoms with E-state index in [1.807, 2.05) is 19.9 Å². The van der Waals surface area contributed by atoms with Crippen LogP contribution in [0.5, 0.6) is 17.2 Å². The molecule has 0 aromatic heterocycles. The van der Waals surface area contributed by atoms with Crippen LogP contribution >= 0.6 is 0 Å². The number of benzene rings is 2. The van der Waals surface area contributed by atoms with Gasteiger partial charge in [-0.05, 0) is 56.2 Å². The highest BCUT2D eigenvalue weighted by molar-refractivity contribution is 6.09. The van der Waals surface area contributed by atoms with Crippen LogP contribution in [0.25, 0.3) is 6.08 Å². The van der Waals surface area contributed by atoms with Crippen molar-refractivity contribution in [1.29, 1.82) is 0 Å². The summed E-state index contributed by atoms with van der Waals surface area (Å²) in [5.41, 5.74) is 2.76. The van der Waals surface area contributed by atoms with E-state index in [-0.39, 0.29) is 29.5 Å². The highest BCUT2D eigenvalue weighted by atomic mass is 16.5. The molecule has 0 spiro atoms. The first-order chi connectivity index (χ1) is 15.8. The smallest absolute Gasteiger partial charge is 0.310 e. The molecule has 2 aromatic carbocycles. The average molecular weight is 451 g/mol. The number of methoxy groups -OCH3 is 1. The molecule has 0 aliphatic carbocycles. The highest BCUT2D eigenvalue weighted by Gasteiger charge is 2.20. The zero-order valence-electron chi connectivity index (χ0n) is 19.8. The van der Waals surface area contributed by atoms with Crippen LogP contribution in [-0.4, -0.2) is 24.8 Å². The quantitative estimate of drug-likeness (QED) is 0.151. The summed E-state index contributed by atoms with van der Waals surface area (Å²) in [4.78, 5) is 36.6. The molecule has 0 aliphatic heterocycles. The van der Waals surface area contributed by atoms with E-state index in [0.29, 0.717) is 29.9 Å². The minimum atomic E-state index is -0.433. The SMILES string of the molecule is CCC(=O)Oc1ccc(/C=C/C(=O)c2ccc(OC)c(CC=C(C)C)c2OC(=O)CC)cc1. The minimum Gasteiger partial charge on any atom is -0.496 e. The molecule has 0 heterocycles. The first-order valence-electron chi connectivity index (χ1n) is 10.9. The van der Waals surface area contributed by atoms with Gasteiger partial charge < -0.3 is 14.2 Å². The third-order valence-corrected chi connectivity index (χ3v) is 4.75. The van der Waals surface area contributed by atoms with Crippen LogP contribution in [0.3, 0.4) is 0 Å². The van der Waals surface area contributed by atoms with Gasteiger partial charge >= 0.3 is 11.9 Å². The number of rotatable bonds is 10. The Balaban J connectivity index is 2.37. The van der Waals surface area contributed by atoms with Crippen LogP contribution in [0.4, 0.5) is 0 Å². The lowest BCUT2D eigenvalue weighted by Gasteiger charge is -2.16. The number of esters is 2. The predicted molar refractivity (Wildman–Crippen MR) is 128 cm³/mol. The Morgan fingerprint density at radius 3 is 2.09 bits per heavy atom. The molecule has 0 radical (unpaired) electrons. The van der Waals surface area contributed by atoms with Gasteiger partial charge in [-0.15, -0.1) is 0 Å². The molecule has 0 aliphatic rings. The number of allylic oxidation sites excluding steroid dienone is 3. The molecule has 2 aromatic rings. The van der Waals surface area contributed by atoms with E-state index >= 15 is 0 Å². The Labute approximate surface area is 194 Å². The van der Waals surface area contributed by atoms with Crippen molar-refractivity contribution < 1.29 is 28.6 Å². The first kappa shape index (κ1) is 25.6. The zero-order valence-corrected chi connectivity index (χ0v) is 19.8. The molecule has 0 saturated heterocycles. The van der Waals surface area contributed by atoms with Crippen LogP contribution in [0.15, 0.2) is 54.1 Å². The van der Waals surface area contributed by atoms with Crippen LogP contribution in [0.1, 0.15) is 62.0 Å². The molecule has 0 unspecified atom stereocenters. The molecule has 0 atom stereocenters. The van der Waals surface area contributed by atoms with E-state index in [1.165, 1.54) is 13.2 Å². The number of ketones is 1. The van der Waals surface area contributed by atoms with Crippen LogP contribution in [0.2, 0.25) is 0 Å². The molecule has 6 heteroatoms. The van der Waals surface area contributed by atoms with Crippen molar-refractivity contribution in [2.24, 2.45) is 0 Å². The summed E-state index contributed by atoms with van der Waals surface area (Å²) < 4.78 is 16.2. The molecule has 6 nitrogen and oxygen atoms in total. The molecule has 174 valence electrons. The van der Waals surface area contributed by atoms with Gasteiger partial charge in [-0.2, -0.15) is 0 Å². The molecule has 0 bridgehead atoms. The lowest BCUT2D eigenvalue weighted by molar-refractivity contribution is -0.134. The van der Waals surface area contributed by atoms with Crippen LogP contribution in [-0.2, 0) is 16.0 Å². The summed E-state index contributed by atoms with van der Waals surface area (Å²) in [6.07, 6.45) is 5.98. The van der Waals surface area contributed by atoms with E-state index in [9.17, 15) is 14.4 Å². The molecule has 0 saturated carbocycles. The maximum Gasteiger partial charge on any atom is 0.310 e. The van der Waals surface area contributed by atoms with Crippen molar-refractivity contribution in [1.82, 2.24) is 0 Å². The predicted octanol–water partition coefficient (Wildman–Crippen LogP) is 5.73. The second-order valence-corrected chi connectivity index (χ2v) is 7.53. The fourth-order valence-corrected chi connectivity index (χ4v) is 2.91. The standard InChI is InChI=1S/C27H30O6/c1-6-25(29)32-20-12-9-19(10-13-20)11-16-23(28)21-15-17-24(31-5)22(14-8-18(3)4)27(21)33-26(30)7-2/h8-13,15-17H,6-7,14H2,1-5H3/b16-11+. The highest BCUT2D eigenvalue weighted by Crippen LogP contribution is 2.34. The van der Waals surface area contributed by atoms with Gasteiger partial charge in [0.1, 0.15) is 17.2 Å². The summed E-state index contributed by atoms with van der Waals surface area (Å²) in [6, 6.07) is 10.1. The molecule has 0 fully saturated rings. The van der Waals surface area contributed by atoms with Crippen LogP contribution in [0, 0.1) is 0 Å². The van der Waals surface area contributed by atoms with E-state index < -0.39 is 5.97 Å². The van der Waals surface area contributed by atoms with Crippen molar-refractivity contribution >= 4 is 23.8 Å². The first-order valence-corrected chi connectivity index (χ1v) is 10.9. The number of carbonyl (C=O) groups is 3. The van der Waals surface area contributed by atoms with Crippen molar-refractivity contribution in [3.8, 4) is 17.2 Å². The molecule has 33 heavy (non-hydrogen) atoms. The normalized spacial score (nSPS) is 10.6. The molecule has 2 rings (SSSR count). The van der Waals surface area contributed by atoms with Gasteiger partial charge in [0.25, 0.3) is 0 Å². The molecule has 0 N–H and O–H groups in total. The van der Waals surface area contributed by atoms with Gasteiger partial charge in [0, 0.05) is 18.4 Å². The maximum atomic E-state index is 13.0. The number of hydrogen-bond acceptors (Lipinski definition) is 6. The van der Waals surface area contributed by atoms with Crippen molar-refractivity contribution in [2.45, 2.75) is 47.0 Å². The van der Waals surface area contributed by atoms with E-state index in [0.717, 1.165) is 11.1 Å². The summed E-state index contributed by atoms with van der Waals surface area (Å²) >= 11 is 0. The number of ether oxygens (including phenoxy) is 3. The largest absolute Gasteiger partial charge is 0.496 e. The molecular weight excluding hydrogens is 420 g/mol. The van der Waals surface area contributed by atoms with Crippen molar-refractivity contribution in [3.63, 3.8) is 0 Å². The van der Waals surface area contributed by atoms with Crippen molar-refractivity contribution in [3.05, 3.63) is 70.8 Å². The van der Waals surface area contributed by atoms with Gasteiger partial charge in [-0.25, -0.2) is 0 Å². The second-order valence-electron chi connectivity index (χ2n) is 7.53. The molecular formula is C27H30O6. The van der Waals surface area contributed by atoms with E-state index in [1.54, 1.807) is 56.3 Å². The summed E-state index contributed by atoms with van der Waals surface area (Å²) in [6.45, 7) is 7.36.